The van der Waals surface area contributed by atoms with Crippen LogP contribution in [0.3, 0.4) is 0 Å². The van der Waals surface area contributed by atoms with E-state index in [1.165, 1.54) is 13.8 Å². The van der Waals surface area contributed by atoms with E-state index in [1.807, 2.05) is 0 Å². The average molecular weight is 180 g/mol. The van der Waals surface area contributed by atoms with Crippen molar-refractivity contribution in [3.8, 4) is 0 Å². The second kappa shape index (κ2) is 15.9. The summed E-state index contributed by atoms with van der Waals surface area (Å²) in [6.07, 6.45) is 0. The maximum Gasteiger partial charge on any atom is 0.126 e. The van der Waals surface area contributed by atoms with Crippen LogP contribution >= 0.6 is 0 Å². The number of carbonyl (C=O) groups excluding carboxylic acids is 1. The van der Waals surface area contributed by atoms with E-state index in [1.54, 1.807) is 0 Å². The molecule has 0 unspecified atom stereocenters. The Morgan fingerprint density at radius 2 is 1.29 bits per heavy atom. The van der Waals surface area contributed by atoms with Crippen LogP contribution < -0.4 is 0 Å². The molecule has 0 heterocycles. The fourth-order valence-corrected chi connectivity index (χ4v) is 0. The van der Waals surface area contributed by atoms with Gasteiger partial charge in [-0.3, -0.25) is 0 Å². The molecule has 2 N–H and O–H groups in total. The molecule has 0 aliphatic rings. The van der Waals surface area contributed by atoms with E-state index in [9.17, 15) is 4.79 Å². The van der Waals surface area contributed by atoms with Gasteiger partial charge in [-0.25, -0.2) is 0 Å². The second-order valence-electron chi connectivity index (χ2n) is 0.908. The third-order valence-corrected chi connectivity index (χ3v) is 0. The number of Topliss-reactive ketones (excluding diaryl/α,β-unsaturated/α-hetero) is 1. The van der Waals surface area contributed by atoms with E-state index in [4.69, 9.17) is 0 Å². The average Bonchev–Trinajstić information content (AvgIpc) is 0.811. The summed E-state index contributed by atoms with van der Waals surface area (Å²) in [5.74, 6) is 0.167. The molecular formula is C4H11O2Y-. The Kier molecular flexibility index (Phi) is 57.1. The molecule has 0 rings (SSSR count). The van der Waals surface area contributed by atoms with Crippen LogP contribution in [0.25, 0.3) is 0 Å². The maximum atomic E-state index is 9.44. The summed E-state index contributed by atoms with van der Waals surface area (Å²) in [6.45, 7) is 3.06. The first-order valence-corrected chi connectivity index (χ1v) is 1.20. The molecule has 3 heteroatoms. The fraction of sp³-hybridized carbons (Fsp3) is 0.500. The molecule has 0 atom stereocenters. The van der Waals surface area contributed by atoms with Crippen molar-refractivity contribution in [2.45, 2.75) is 13.8 Å². The zero-order chi connectivity index (χ0) is 3.58. The van der Waals surface area contributed by atoms with Crippen molar-refractivity contribution in [3.63, 3.8) is 0 Å². The van der Waals surface area contributed by atoms with Gasteiger partial charge in [0.05, 0.1) is 0 Å². The minimum atomic E-state index is 0. The van der Waals surface area contributed by atoms with Crippen molar-refractivity contribution in [3.05, 3.63) is 7.43 Å². The van der Waals surface area contributed by atoms with Gasteiger partial charge in [0.15, 0.2) is 0 Å². The molecule has 7 heavy (non-hydrogen) atoms. The Morgan fingerprint density at radius 3 is 1.29 bits per heavy atom. The fourth-order valence-electron chi connectivity index (χ4n) is 0. The molecule has 0 aromatic heterocycles. The summed E-state index contributed by atoms with van der Waals surface area (Å²) in [4.78, 5) is 9.44. The van der Waals surface area contributed by atoms with E-state index in [-0.39, 0.29) is 51.4 Å². The van der Waals surface area contributed by atoms with E-state index < -0.39 is 0 Å². The largest absolute Gasteiger partial charge is 0.412 e. The second-order valence-corrected chi connectivity index (χ2v) is 0.908. The van der Waals surface area contributed by atoms with Crippen LogP contribution in [0, 0.1) is 7.43 Å². The molecule has 0 fully saturated rings. The van der Waals surface area contributed by atoms with Crippen molar-refractivity contribution in [1.29, 1.82) is 0 Å². The van der Waals surface area contributed by atoms with Crippen LogP contribution in [0.4, 0.5) is 0 Å². The third-order valence-electron chi connectivity index (χ3n) is 0. The third kappa shape index (κ3) is 280. The van der Waals surface area contributed by atoms with Gasteiger partial charge in [0.1, 0.15) is 5.78 Å². The zero-order valence-corrected chi connectivity index (χ0v) is 7.82. The van der Waals surface area contributed by atoms with Gasteiger partial charge in [0.25, 0.3) is 0 Å². The summed E-state index contributed by atoms with van der Waals surface area (Å²) in [7, 11) is 0. The van der Waals surface area contributed by atoms with Crippen LogP contribution in [-0.4, -0.2) is 11.3 Å². The smallest absolute Gasteiger partial charge is 0.126 e. The molecule has 0 saturated carbocycles. The van der Waals surface area contributed by atoms with Gasteiger partial charge >= 0.3 is 0 Å². The number of rotatable bonds is 0. The first kappa shape index (κ1) is 25.2. The van der Waals surface area contributed by atoms with Gasteiger partial charge in [-0.15, -0.1) is 0 Å². The normalized spacial score (nSPS) is 3.71. The Labute approximate surface area is 69.9 Å². The molecule has 0 aliphatic carbocycles. The van der Waals surface area contributed by atoms with E-state index in [2.05, 4.69) is 0 Å². The maximum absolute atomic E-state index is 9.44. The van der Waals surface area contributed by atoms with Gasteiger partial charge in [-0.1, -0.05) is 0 Å². The van der Waals surface area contributed by atoms with Crippen LogP contribution in [0.15, 0.2) is 0 Å². The minimum absolute atomic E-state index is 0. The van der Waals surface area contributed by atoms with Crippen molar-refractivity contribution >= 4 is 5.78 Å². The van der Waals surface area contributed by atoms with E-state index in [0.29, 0.717) is 0 Å². The zero-order valence-electron chi connectivity index (χ0n) is 4.99. The molecule has 0 saturated heterocycles. The first-order chi connectivity index (χ1) is 1.73. The molecule has 0 aromatic rings. The molecule has 2 nitrogen and oxygen atoms in total. The van der Waals surface area contributed by atoms with Crippen LogP contribution in [-0.2, 0) is 37.5 Å². The van der Waals surface area contributed by atoms with Gasteiger partial charge < -0.3 is 17.7 Å². The van der Waals surface area contributed by atoms with Gasteiger partial charge in [0, 0.05) is 32.7 Å². The van der Waals surface area contributed by atoms with E-state index >= 15 is 0 Å². The van der Waals surface area contributed by atoms with Crippen molar-refractivity contribution in [2.75, 3.05) is 0 Å². The summed E-state index contributed by atoms with van der Waals surface area (Å²) in [5, 5.41) is 0. The molecule has 0 aromatic carbocycles. The molecule has 0 amide bonds. The molecule has 0 bridgehead atoms. The van der Waals surface area contributed by atoms with Gasteiger partial charge in [0.2, 0.25) is 0 Å². The van der Waals surface area contributed by atoms with Crippen LogP contribution in [0.2, 0.25) is 0 Å². The Bertz CT molecular complexity index is 32.7. The predicted molar refractivity (Wildman–Crippen MR) is 26.4 cm³/mol. The quantitative estimate of drug-likeness (QED) is 0.492. The Hall–Kier alpha value is 0.734. The summed E-state index contributed by atoms with van der Waals surface area (Å²) in [5.41, 5.74) is 0. The minimum Gasteiger partial charge on any atom is -0.412 e. The Morgan fingerprint density at radius 1 is 1.29 bits per heavy atom. The van der Waals surface area contributed by atoms with Crippen molar-refractivity contribution < 1.29 is 43.0 Å². The predicted octanol–water partition coefficient (Wildman–Crippen LogP) is 0.218. The Balaban J connectivity index is -0.0000000150. The van der Waals surface area contributed by atoms with Crippen LogP contribution in [0.5, 0.6) is 0 Å². The number of hydrogen-bond donors (Lipinski definition) is 0. The number of ketones is 1. The number of carbonyl (C=O) groups is 1. The van der Waals surface area contributed by atoms with E-state index in [0.717, 1.165) is 0 Å². The van der Waals surface area contributed by atoms with Crippen LogP contribution in [0.1, 0.15) is 13.8 Å². The standard InChI is InChI=1S/C3H6O.CH3.H2O.Y/c1-3(2)4;;;/h1-2H3;1H3;1H2;/q;-1;;. The topological polar surface area (TPSA) is 48.6 Å². The molecule has 1 radical (unpaired) electrons. The molecule has 0 spiro atoms. The monoisotopic (exact) mass is 180 g/mol. The first-order valence-electron chi connectivity index (χ1n) is 1.20. The number of hydrogen-bond acceptors (Lipinski definition) is 1. The van der Waals surface area contributed by atoms with Crippen molar-refractivity contribution in [1.82, 2.24) is 0 Å². The summed E-state index contributed by atoms with van der Waals surface area (Å²) >= 11 is 0. The van der Waals surface area contributed by atoms with Gasteiger partial charge in [-0.2, -0.15) is 0 Å². The molecule has 0 aliphatic heterocycles. The van der Waals surface area contributed by atoms with Crippen molar-refractivity contribution in [2.24, 2.45) is 0 Å². The van der Waals surface area contributed by atoms with Gasteiger partial charge in [-0.05, 0) is 13.8 Å². The molecule has 43 valence electrons. The summed E-state index contributed by atoms with van der Waals surface area (Å²) in [6, 6.07) is 0. The summed E-state index contributed by atoms with van der Waals surface area (Å²) < 4.78 is 0. The SMILES string of the molecule is CC(C)=O.O.[CH3-].[Y]. The molecular weight excluding hydrogens is 169 g/mol.